The number of piperazine rings is 1. The van der Waals surface area contributed by atoms with Crippen LogP contribution in [0.1, 0.15) is 43.7 Å². The number of aromatic amines is 1. The minimum Gasteiger partial charge on any atom is -0.336 e. The Morgan fingerprint density at radius 3 is 2.71 bits per heavy atom. The van der Waals surface area contributed by atoms with Gasteiger partial charge >= 0.3 is 0 Å². The molecule has 0 atom stereocenters. The molecule has 1 aromatic rings. The molecule has 1 saturated heterocycles. The summed E-state index contributed by atoms with van der Waals surface area (Å²) in [6.07, 6.45) is 0.767. The zero-order chi connectivity index (χ0) is 15.6. The Morgan fingerprint density at radius 2 is 2.10 bits per heavy atom. The van der Waals surface area contributed by atoms with Crippen molar-refractivity contribution in [2.24, 2.45) is 5.92 Å². The maximum absolute atomic E-state index is 12.6. The van der Waals surface area contributed by atoms with Crippen LogP contribution >= 0.6 is 0 Å². The van der Waals surface area contributed by atoms with Gasteiger partial charge in [-0.25, -0.2) is 0 Å². The molecule has 2 heterocycles. The number of amides is 1. The van der Waals surface area contributed by atoms with Crippen molar-refractivity contribution < 1.29 is 4.79 Å². The molecule has 1 fully saturated rings. The lowest BCUT2D eigenvalue weighted by Crippen LogP contribution is -2.58. The second-order valence-corrected chi connectivity index (χ2v) is 6.89. The molecular formula is C16H25N3O2. The molecule has 2 N–H and O–H groups in total. The van der Waals surface area contributed by atoms with Crippen molar-refractivity contribution in [1.82, 2.24) is 15.2 Å². The van der Waals surface area contributed by atoms with Crippen molar-refractivity contribution in [3.63, 3.8) is 0 Å². The van der Waals surface area contributed by atoms with E-state index in [4.69, 9.17) is 0 Å². The SMILES string of the molecule is CC(C)Cc1cc(C(=O)N2CCNC(C)(C)C2)cc(=O)[nH]1. The zero-order valence-electron chi connectivity index (χ0n) is 13.3. The number of pyridine rings is 1. The number of hydrogen-bond donors (Lipinski definition) is 2. The quantitative estimate of drug-likeness (QED) is 0.884. The van der Waals surface area contributed by atoms with E-state index in [1.807, 2.05) is 11.0 Å². The summed E-state index contributed by atoms with van der Waals surface area (Å²) < 4.78 is 0. The molecule has 0 radical (unpaired) electrons. The van der Waals surface area contributed by atoms with Crippen molar-refractivity contribution in [3.05, 3.63) is 33.7 Å². The van der Waals surface area contributed by atoms with E-state index in [1.54, 1.807) is 0 Å². The number of nitrogens with zero attached hydrogens (tertiary/aromatic N) is 1. The van der Waals surface area contributed by atoms with Gasteiger partial charge in [0.2, 0.25) is 5.56 Å². The Labute approximate surface area is 125 Å². The average Bonchev–Trinajstić information content (AvgIpc) is 2.35. The average molecular weight is 291 g/mol. The summed E-state index contributed by atoms with van der Waals surface area (Å²) >= 11 is 0. The molecule has 5 nitrogen and oxygen atoms in total. The van der Waals surface area contributed by atoms with Crippen molar-refractivity contribution in [3.8, 4) is 0 Å². The lowest BCUT2D eigenvalue weighted by Gasteiger charge is -2.39. The van der Waals surface area contributed by atoms with Crippen LogP contribution in [0.4, 0.5) is 0 Å². The van der Waals surface area contributed by atoms with Gasteiger partial charge in [0, 0.05) is 42.5 Å². The lowest BCUT2D eigenvalue weighted by atomic mass is 10.0. The molecule has 0 aliphatic carbocycles. The molecule has 2 rings (SSSR count). The summed E-state index contributed by atoms with van der Waals surface area (Å²) in [6, 6.07) is 3.22. The van der Waals surface area contributed by atoms with Gasteiger partial charge in [-0.05, 0) is 32.3 Å². The molecule has 1 aliphatic heterocycles. The fourth-order valence-corrected chi connectivity index (χ4v) is 2.77. The van der Waals surface area contributed by atoms with Crippen LogP contribution < -0.4 is 10.9 Å². The van der Waals surface area contributed by atoms with Crippen LogP contribution in [-0.4, -0.2) is 41.0 Å². The van der Waals surface area contributed by atoms with Gasteiger partial charge in [-0.15, -0.1) is 0 Å². The number of H-pyrrole nitrogens is 1. The van der Waals surface area contributed by atoms with Crippen LogP contribution in [-0.2, 0) is 6.42 Å². The van der Waals surface area contributed by atoms with Crippen molar-refractivity contribution in [1.29, 1.82) is 0 Å². The van der Waals surface area contributed by atoms with Gasteiger partial charge in [-0.2, -0.15) is 0 Å². The second kappa shape index (κ2) is 6.02. The van der Waals surface area contributed by atoms with Crippen molar-refractivity contribution >= 4 is 5.91 Å². The summed E-state index contributed by atoms with van der Waals surface area (Å²) in [7, 11) is 0. The molecule has 5 heteroatoms. The van der Waals surface area contributed by atoms with Crippen LogP contribution in [0.15, 0.2) is 16.9 Å². The van der Waals surface area contributed by atoms with Crippen LogP contribution in [0.5, 0.6) is 0 Å². The molecule has 21 heavy (non-hydrogen) atoms. The number of carbonyl (C=O) groups is 1. The van der Waals surface area contributed by atoms with E-state index in [2.05, 4.69) is 38.0 Å². The van der Waals surface area contributed by atoms with E-state index in [-0.39, 0.29) is 17.0 Å². The zero-order valence-corrected chi connectivity index (χ0v) is 13.3. The monoisotopic (exact) mass is 291 g/mol. The predicted molar refractivity (Wildman–Crippen MR) is 83.6 cm³/mol. The number of carbonyl (C=O) groups excluding carboxylic acids is 1. The molecule has 1 amide bonds. The highest BCUT2D eigenvalue weighted by Crippen LogP contribution is 2.14. The number of hydrogen-bond acceptors (Lipinski definition) is 3. The van der Waals surface area contributed by atoms with E-state index in [0.29, 0.717) is 24.6 Å². The Balaban J connectivity index is 2.22. The van der Waals surface area contributed by atoms with E-state index in [1.165, 1.54) is 6.07 Å². The van der Waals surface area contributed by atoms with Crippen LogP contribution in [0.25, 0.3) is 0 Å². The molecule has 0 unspecified atom stereocenters. The summed E-state index contributed by atoms with van der Waals surface area (Å²) in [5.74, 6) is 0.379. The largest absolute Gasteiger partial charge is 0.336 e. The first kappa shape index (κ1) is 15.8. The first-order valence-corrected chi connectivity index (χ1v) is 7.54. The Morgan fingerprint density at radius 1 is 1.38 bits per heavy atom. The number of rotatable bonds is 3. The van der Waals surface area contributed by atoms with Gasteiger partial charge in [0.15, 0.2) is 0 Å². The molecule has 1 aromatic heterocycles. The van der Waals surface area contributed by atoms with Gasteiger partial charge in [-0.1, -0.05) is 13.8 Å². The van der Waals surface area contributed by atoms with Gasteiger partial charge < -0.3 is 15.2 Å². The van der Waals surface area contributed by atoms with E-state index >= 15 is 0 Å². The minimum absolute atomic E-state index is 0.0549. The number of aromatic nitrogens is 1. The highest BCUT2D eigenvalue weighted by atomic mass is 16.2. The summed E-state index contributed by atoms with van der Waals surface area (Å²) in [5.41, 5.74) is 1.03. The van der Waals surface area contributed by atoms with Gasteiger partial charge in [0.25, 0.3) is 5.91 Å². The van der Waals surface area contributed by atoms with Crippen molar-refractivity contribution in [2.45, 2.75) is 39.7 Å². The normalized spacial score (nSPS) is 18.0. The first-order chi connectivity index (χ1) is 9.77. The fraction of sp³-hybridized carbons (Fsp3) is 0.625. The smallest absolute Gasteiger partial charge is 0.254 e. The third-order valence-electron chi connectivity index (χ3n) is 3.63. The van der Waals surface area contributed by atoms with E-state index in [0.717, 1.165) is 18.7 Å². The van der Waals surface area contributed by atoms with Gasteiger partial charge in [-0.3, -0.25) is 9.59 Å². The predicted octanol–water partition coefficient (Wildman–Crippen LogP) is 1.40. The van der Waals surface area contributed by atoms with E-state index in [9.17, 15) is 9.59 Å². The fourth-order valence-electron chi connectivity index (χ4n) is 2.77. The van der Waals surface area contributed by atoms with Gasteiger partial charge in [0.1, 0.15) is 0 Å². The molecule has 0 spiro atoms. The first-order valence-electron chi connectivity index (χ1n) is 7.54. The molecular weight excluding hydrogens is 266 g/mol. The third-order valence-corrected chi connectivity index (χ3v) is 3.63. The van der Waals surface area contributed by atoms with E-state index < -0.39 is 0 Å². The minimum atomic E-state index is -0.203. The van der Waals surface area contributed by atoms with Crippen molar-refractivity contribution in [2.75, 3.05) is 19.6 Å². The lowest BCUT2D eigenvalue weighted by molar-refractivity contribution is 0.0651. The maximum atomic E-state index is 12.6. The second-order valence-electron chi connectivity index (χ2n) is 6.89. The topological polar surface area (TPSA) is 65.2 Å². The number of nitrogens with one attached hydrogen (secondary N) is 2. The Bertz CT molecular complexity index is 575. The maximum Gasteiger partial charge on any atom is 0.254 e. The molecule has 0 bridgehead atoms. The molecule has 0 saturated carbocycles. The molecule has 0 aromatic carbocycles. The summed E-state index contributed by atoms with van der Waals surface area (Å²) in [4.78, 5) is 29.0. The highest BCUT2D eigenvalue weighted by Gasteiger charge is 2.29. The highest BCUT2D eigenvalue weighted by molar-refractivity contribution is 5.94. The van der Waals surface area contributed by atoms with Crippen LogP contribution in [0, 0.1) is 5.92 Å². The molecule has 1 aliphatic rings. The van der Waals surface area contributed by atoms with Crippen LogP contribution in [0.3, 0.4) is 0 Å². The third kappa shape index (κ3) is 4.17. The van der Waals surface area contributed by atoms with Crippen LogP contribution in [0.2, 0.25) is 0 Å². The van der Waals surface area contributed by atoms with Gasteiger partial charge in [0.05, 0.1) is 0 Å². The molecule has 116 valence electrons. The standard InChI is InChI=1S/C16H25N3O2/c1-11(2)7-13-8-12(9-14(20)18-13)15(21)19-6-5-17-16(3,4)10-19/h8-9,11,17H,5-7,10H2,1-4H3,(H,18,20). The summed E-state index contributed by atoms with van der Waals surface area (Å²) in [6.45, 7) is 10.4. The Kier molecular flexibility index (Phi) is 4.52. The summed E-state index contributed by atoms with van der Waals surface area (Å²) in [5, 5.41) is 3.38. The Hall–Kier alpha value is -1.62.